The summed E-state index contributed by atoms with van der Waals surface area (Å²) in [5.74, 6) is -0.271. The van der Waals surface area contributed by atoms with Gasteiger partial charge in [0, 0.05) is 31.6 Å². The van der Waals surface area contributed by atoms with Gasteiger partial charge < -0.3 is 10.6 Å². The highest BCUT2D eigenvalue weighted by Gasteiger charge is 2.19. The van der Waals surface area contributed by atoms with Gasteiger partial charge in [-0.05, 0) is 49.1 Å². The Labute approximate surface area is 171 Å². The summed E-state index contributed by atoms with van der Waals surface area (Å²) in [5, 5.41) is 5.53. The van der Waals surface area contributed by atoms with Crippen molar-refractivity contribution >= 4 is 27.5 Å². The van der Waals surface area contributed by atoms with Crippen LogP contribution in [0.25, 0.3) is 0 Å². The van der Waals surface area contributed by atoms with Crippen LogP contribution in [0.1, 0.15) is 29.5 Å². The number of sulfonamides is 1. The van der Waals surface area contributed by atoms with E-state index >= 15 is 0 Å². The number of hydrogen-bond donors (Lipinski definition) is 3. The fraction of sp³-hybridized carbons (Fsp3) is 0.333. The van der Waals surface area contributed by atoms with Crippen molar-refractivity contribution in [2.24, 2.45) is 0 Å². The van der Waals surface area contributed by atoms with Gasteiger partial charge in [0.15, 0.2) is 0 Å². The van der Waals surface area contributed by atoms with Crippen LogP contribution in [0.3, 0.4) is 0 Å². The Morgan fingerprint density at radius 2 is 1.83 bits per heavy atom. The summed E-state index contributed by atoms with van der Waals surface area (Å²) >= 11 is 0. The van der Waals surface area contributed by atoms with Crippen molar-refractivity contribution in [1.82, 2.24) is 10.0 Å². The second-order valence-corrected chi connectivity index (χ2v) is 8.87. The zero-order chi connectivity index (χ0) is 20.9. The number of benzene rings is 2. The molecule has 3 rings (SSSR count). The van der Waals surface area contributed by atoms with Gasteiger partial charge >= 0.3 is 0 Å². The topological polar surface area (TPSA) is 104 Å². The minimum Gasteiger partial charge on any atom is -0.356 e. The summed E-state index contributed by atoms with van der Waals surface area (Å²) in [6.07, 6.45) is 1.64. The van der Waals surface area contributed by atoms with Gasteiger partial charge in [0.2, 0.25) is 21.8 Å². The maximum absolute atomic E-state index is 12.5. The summed E-state index contributed by atoms with van der Waals surface area (Å²) in [6.45, 7) is 2.55. The van der Waals surface area contributed by atoms with Gasteiger partial charge in [-0.2, -0.15) is 0 Å². The van der Waals surface area contributed by atoms with Crippen LogP contribution in [0.4, 0.5) is 5.69 Å². The van der Waals surface area contributed by atoms with Crippen LogP contribution in [0.5, 0.6) is 0 Å². The van der Waals surface area contributed by atoms with Gasteiger partial charge in [0.25, 0.3) is 0 Å². The van der Waals surface area contributed by atoms with Gasteiger partial charge in [0.1, 0.15) is 0 Å². The second kappa shape index (κ2) is 9.19. The highest BCUT2D eigenvalue weighted by Crippen LogP contribution is 2.25. The molecule has 0 bridgehead atoms. The molecule has 2 amide bonds. The molecule has 0 saturated carbocycles. The third-order valence-corrected chi connectivity index (χ3v) is 6.24. The van der Waals surface area contributed by atoms with Gasteiger partial charge in [-0.3, -0.25) is 9.59 Å². The van der Waals surface area contributed by atoms with E-state index in [9.17, 15) is 18.0 Å². The Bertz CT molecular complexity index is 1000. The molecule has 1 aliphatic heterocycles. The highest BCUT2D eigenvalue weighted by molar-refractivity contribution is 7.89. The maximum atomic E-state index is 12.5. The van der Waals surface area contributed by atoms with Crippen LogP contribution in [0.15, 0.2) is 47.4 Å². The number of carbonyl (C=O) groups excluding carboxylic acids is 2. The molecule has 1 aliphatic rings. The molecule has 2 aromatic carbocycles. The number of hydrogen-bond acceptors (Lipinski definition) is 4. The van der Waals surface area contributed by atoms with E-state index in [-0.39, 0.29) is 29.7 Å². The zero-order valence-electron chi connectivity index (χ0n) is 16.3. The number of nitrogens with one attached hydrogen (secondary N) is 3. The molecule has 0 unspecified atom stereocenters. The van der Waals surface area contributed by atoms with Crippen molar-refractivity contribution < 1.29 is 18.0 Å². The van der Waals surface area contributed by atoms with Crippen LogP contribution in [0, 0.1) is 6.92 Å². The van der Waals surface area contributed by atoms with Crippen molar-refractivity contribution in [2.75, 3.05) is 18.4 Å². The molecule has 1 heterocycles. The lowest BCUT2D eigenvalue weighted by Gasteiger charge is -2.17. The lowest BCUT2D eigenvalue weighted by atomic mass is 10.0. The fourth-order valence-electron chi connectivity index (χ4n) is 3.10. The first-order valence-corrected chi connectivity index (χ1v) is 11.1. The first-order valence-electron chi connectivity index (χ1n) is 9.58. The number of aryl methyl sites for hydroxylation is 2. The first kappa shape index (κ1) is 21.0. The van der Waals surface area contributed by atoms with Gasteiger partial charge in [-0.15, -0.1) is 0 Å². The summed E-state index contributed by atoms with van der Waals surface area (Å²) in [4.78, 5) is 23.5. The van der Waals surface area contributed by atoms with E-state index in [1.807, 2.05) is 31.2 Å². The molecule has 0 aliphatic carbocycles. The Hall–Kier alpha value is -2.71. The van der Waals surface area contributed by atoms with Gasteiger partial charge in [-0.1, -0.05) is 29.8 Å². The maximum Gasteiger partial charge on any atom is 0.240 e. The lowest BCUT2D eigenvalue weighted by molar-refractivity contribution is -0.121. The fourth-order valence-corrected chi connectivity index (χ4v) is 4.18. The predicted molar refractivity (Wildman–Crippen MR) is 111 cm³/mol. The van der Waals surface area contributed by atoms with Crippen molar-refractivity contribution in [3.05, 3.63) is 59.2 Å². The predicted octanol–water partition coefficient (Wildman–Crippen LogP) is 1.91. The molecule has 0 saturated heterocycles. The molecule has 0 spiro atoms. The second-order valence-electron chi connectivity index (χ2n) is 7.10. The van der Waals surface area contributed by atoms with Gasteiger partial charge in [0.05, 0.1) is 4.90 Å². The normalized spacial score (nSPS) is 13.5. The van der Waals surface area contributed by atoms with Crippen LogP contribution in [0.2, 0.25) is 0 Å². The largest absolute Gasteiger partial charge is 0.356 e. The summed E-state index contributed by atoms with van der Waals surface area (Å²) in [6, 6.07) is 12.7. The van der Waals surface area contributed by atoms with Crippen LogP contribution < -0.4 is 15.4 Å². The lowest BCUT2D eigenvalue weighted by Crippen LogP contribution is -2.31. The quantitative estimate of drug-likeness (QED) is 0.612. The first-order chi connectivity index (χ1) is 13.8. The summed E-state index contributed by atoms with van der Waals surface area (Å²) < 4.78 is 27.4. The minimum atomic E-state index is -3.71. The third-order valence-electron chi connectivity index (χ3n) is 4.78. The number of carbonyl (C=O) groups is 2. The molecule has 3 N–H and O–H groups in total. The molecule has 0 atom stereocenters. The highest BCUT2D eigenvalue weighted by atomic mass is 32.2. The van der Waals surface area contributed by atoms with E-state index in [0.29, 0.717) is 25.1 Å². The molecular formula is C21H25N3O4S. The molecule has 0 radical (unpaired) electrons. The van der Waals surface area contributed by atoms with Crippen molar-refractivity contribution in [1.29, 1.82) is 0 Å². The van der Waals surface area contributed by atoms with E-state index < -0.39 is 10.0 Å². The molecule has 7 nitrogen and oxygen atoms in total. The van der Waals surface area contributed by atoms with E-state index in [1.165, 1.54) is 11.6 Å². The molecule has 2 aromatic rings. The Morgan fingerprint density at radius 1 is 1.07 bits per heavy atom. The van der Waals surface area contributed by atoms with E-state index in [1.54, 1.807) is 12.1 Å². The Kier molecular flexibility index (Phi) is 6.66. The molecule has 29 heavy (non-hydrogen) atoms. The molecular weight excluding hydrogens is 390 g/mol. The SMILES string of the molecule is Cc1ccc(CCNC(=O)CCNS(=O)(=O)c2ccc3c(c2)CCC(=O)N3)cc1. The van der Waals surface area contributed by atoms with Crippen LogP contribution >= 0.6 is 0 Å². The molecule has 0 fully saturated rings. The van der Waals surface area contributed by atoms with Crippen molar-refractivity contribution in [2.45, 2.75) is 37.5 Å². The zero-order valence-corrected chi connectivity index (χ0v) is 17.1. The average Bonchev–Trinajstić information content (AvgIpc) is 2.69. The van der Waals surface area contributed by atoms with E-state index in [2.05, 4.69) is 15.4 Å². The third kappa shape index (κ3) is 5.88. The Morgan fingerprint density at radius 3 is 2.59 bits per heavy atom. The van der Waals surface area contributed by atoms with E-state index in [0.717, 1.165) is 17.5 Å². The van der Waals surface area contributed by atoms with Crippen molar-refractivity contribution in [3.63, 3.8) is 0 Å². The van der Waals surface area contributed by atoms with Gasteiger partial charge in [-0.25, -0.2) is 13.1 Å². The number of amides is 2. The van der Waals surface area contributed by atoms with Crippen molar-refractivity contribution in [3.8, 4) is 0 Å². The number of rotatable bonds is 8. The molecule has 8 heteroatoms. The standard InChI is InChI=1S/C21H25N3O4S/c1-15-2-4-16(5-3-15)10-12-22-20(25)11-13-23-29(27,28)18-7-8-19-17(14-18)6-9-21(26)24-19/h2-5,7-8,14,23H,6,9-13H2,1H3,(H,22,25)(H,24,26). The van der Waals surface area contributed by atoms with Crippen LogP contribution in [-0.2, 0) is 32.5 Å². The van der Waals surface area contributed by atoms with Crippen LogP contribution in [-0.4, -0.2) is 33.3 Å². The average molecular weight is 416 g/mol. The monoisotopic (exact) mass is 415 g/mol. The molecule has 154 valence electrons. The number of fused-ring (bicyclic) bond motifs is 1. The molecule has 0 aromatic heterocycles. The summed E-state index contributed by atoms with van der Waals surface area (Å²) in [5.41, 5.74) is 3.77. The van der Waals surface area contributed by atoms with E-state index in [4.69, 9.17) is 0 Å². The summed E-state index contributed by atoms with van der Waals surface area (Å²) in [7, 11) is -3.71. The number of anilines is 1. The smallest absolute Gasteiger partial charge is 0.240 e. The minimum absolute atomic E-state index is 0.0204. The Balaban J connectivity index is 1.44.